The predicted octanol–water partition coefficient (Wildman–Crippen LogP) is 5.59. The van der Waals surface area contributed by atoms with Gasteiger partial charge in [-0.1, -0.05) is 35.4 Å². The second kappa shape index (κ2) is 12.5. The lowest BCUT2D eigenvalue weighted by atomic mass is 9.52. The summed E-state index contributed by atoms with van der Waals surface area (Å²) in [5.41, 5.74) is -0.479. The van der Waals surface area contributed by atoms with Crippen molar-refractivity contribution in [2.45, 2.75) is 19.8 Å². The van der Waals surface area contributed by atoms with Crippen molar-refractivity contribution < 1.29 is 53.2 Å². The highest BCUT2D eigenvalue weighted by molar-refractivity contribution is 6.32. The summed E-state index contributed by atoms with van der Waals surface area (Å²) in [6, 6.07) is 10.1. The number of phenols is 2. The fraction of sp³-hybridized carbons (Fsp3) is 0.289. The van der Waals surface area contributed by atoms with Crippen LogP contribution in [0.3, 0.4) is 0 Å². The molecule has 3 N–H and O–H groups in total. The van der Waals surface area contributed by atoms with Crippen molar-refractivity contribution in [3.63, 3.8) is 0 Å². The molecule has 6 atom stereocenters. The van der Waals surface area contributed by atoms with Crippen LogP contribution in [0.1, 0.15) is 35.7 Å². The van der Waals surface area contributed by atoms with Crippen LogP contribution >= 0.6 is 11.6 Å². The third-order valence-corrected chi connectivity index (χ3v) is 11.3. The van der Waals surface area contributed by atoms with Crippen LogP contribution in [-0.2, 0) is 19.2 Å². The second-order valence-electron chi connectivity index (χ2n) is 13.5. The quantitative estimate of drug-likeness (QED) is 0.206. The molecule has 0 aromatic heterocycles. The average Bonchev–Trinajstić information content (AvgIpc) is 3.48. The number of carboxylic acid groups (broad SMARTS) is 1. The van der Waals surface area contributed by atoms with Gasteiger partial charge in [-0.25, -0.2) is 19.0 Å². The summed E-state index contributed by atoms with van der Waals surface area (Å²) >= 11 is 6.07. The Hall–Kier alpha value is -5.69. The van der Waals surface area contributed by atoms with Gasteiger partial charge < -0.3 is 24.8 Å². The summed E-state index contributed by atoms with van der Waals surface area (Å²) in [5, 5.41) is 29.9. The number of fused-ring (bicyclic) bond motifs is 4. The van der Waals surface area contributed by atoms with Gasteiger partial charge in [0.25, 0.3) is 0 Å². The smallest absolute Gasteiger partial charge is 0.339 e. The number of carbonyl (C=O) groups is 5. The van der Waals surface area contributed by atoms with Crippen molar-refractivity contribution in [1.82, 2.24) is 0 Å². The zero-order valence-electron chi connectivity index (χ0n) is 28.0. The molecule has 268 valence electrons. The third-order valence-electron chi connectivity index (χ3n) is 11.0. The number of carboxylic acids is 1. The Balaban J connectivity index is 1.33. The number of benzene rings is 3. The van der Waals surface area contributed by atoms with E-state index in [9.17, 15) is 43.7 Å². The van der Waals surface area contributed by atoms with Gasteiger partial charge in [-0.15, -0.1) is 0 Å². The number of halogens is 2. The SMILES string of the molecule is COc1cc(C=C[C@H]2C3=CC[C@@H]4C(=O)N(c5ccc(C(=O)O)c(O)c5)C(=O)[C@@H]4[C@@H]3C[C@H]3C(=O)N(c4ccc(F)c(Cl)c4)C(=O)[C@@]23C)cc(OC)c1O. The van der Waals surface area contributed by atoms with E-state index in [1.54, 1.807) is 31.2 Å². The van der Waals surface area contributed by atoms with E-state index in [0.717, 1.165) is 28.0 Å². The maximum absolute atomic E-state index is 14.5. The molecule has 0 spiro atoms. The average molecular weight is 731 g/mol. The molecule has 14 heteroatoms. The number of carbonyl (C=O) groups excluding carboxylic acids is 4. The maximum Gasteiger partial charge on any atom is 0.339 e. The van der Waals surface area contributed by atoms with Crippen LogP contribution in [-0.4, -0.2) is 59.1 Å². The summed E-state index contributed by atoms with van der Waals surface area (Å²) in [6.07, 6.45) is 5.48. The number of methoxy groups -OCH3 is 2. The molecule has 4 aliphatic rings. The number of anilines is 2. The summed E-state index contributed by atoms with van der Waals surface area (Å²) < 4.78 is 24.8. The van der Waals surface area contributed by atoms with Gasteiger partial charge in [0.15, 0.2) is 11.5 Å². The molecule has 4 amide bonds. The predicted molar refractivity (Wildman–Crippen MR) is 185 cm³/mol. The molecular formula is C38H32ClFN2O10. The van der Waals surface area contributed by atoms with Crippen molar-refractivity contribution in [1.29, 1.82) is 0 Å². The number of rotatable bonds is 7. The Labute approximate surface area is 301 Å². The van der Waals surface area contributed by atoms with Crippen LogP contribution in [0.4, 0.5) is 15.8 Å². The van der Waals surface area contributed by atoms with Crippen LogP contribution in [0.2, 0.25) is 5.02 Å². The van der Waals surface area contributed by atoms with E-state index in [1.807, 2.05) is 6.08 Å². The molecule has 0 unspecified atom stereocenters. The molecule has 3 aromatic carbocycles. The van der Waals surface area contributed by atoms with Gasteiger partial charge in [-0.05, 0) is 73.7 Å². The Bertz CT molecular complexity index is 2140. The number of nitrogens with zero attached hydrogens (tertiary/aromatic N) is 2. The number of aromatic hydroxyl groups is 2. The Morgan fingerprint density at radius 2 is 1.58 bits per heavy atom. The number of imide groups is 2. The summed E-state index contributed by atoms with van der Waals surface area (Å²) in [4.78, 5) is 70.4. The highest BCUT2D eigenvalue weighted by Crippen LogP contribution is 2.61. The Kier molecular flexibility index (Phi) is 8.36. The van der Waals surface area contributed by atoms with Gasteiger partial charge in [0.2, 0.25) is 29.4 Å². The molecule has 12 nitrogen and oxygen atoms in total. The largest absolute Gasteiger partial charge is 0.507 e. The highest BCUT2D eigenvalue weighted by atomic mass is 35.5. The van der Waals surface area contributed by atoms with Gasteiger partial charge in [0, 0.05) is 12.0 Å². The van der Waals surface area contributed by atoms with Crippen molar-refractivity contribution in [2.24, 2.45) is 35.0 Å². The lowest BCUT2D eigenvalue weighted by Gasteiger charge is -2.47. The molecule has 7 rings (SSSR count). The van der Waals surface area contributed by atoms with E-state index in [0.29, 0.717) is 11.1 Å². The van der Waals surface area contributed by atoms with Crippen LogP contribution in [0.15, 0.2) is 66.3 Å². The van der Waals surface area contributed by atoms with Gasteiger partial charge in [-0.3, -0.25) is 19.2 Å². The van der Waals surface area contributed by atoms with Crippen LogP contribution in [0.5, 0.6) is 23.0 Å². The fourth-order valence-electron chi connectivity index (χ4n) is 8.40. The van der Waals surface area contributed by atoms with Gasteiger partial charge in [0.1, 0.15) is 17.1 Å². The monoisotopic (exact) mass is 730 g/mol. The normalized spacial score (nSPS) is 26.7. The standard InChI is InChI=1S/C38H32ClFN2O10/c1-38-24(10-4-17-12-29(51-2)32(44)30(13-17)52-3)20-8-9-22-31(35(47)41(33(22)45)19-5-7-21(36(48)49)28(43)15-19)23(20)16-25(38)34(46)42(37(38)50)18-6-11-27(40)26(39)14-18/h4-8,10-15,22-25,31,43-44H,9,16H2,1-3H3,(H,48,49)/t22-,23+,24-,25-,31-,38-/m0/s1. The number of hydrogen-bond acceptors (Lipinski definition) is 9. The maximum atomic E-state index is 14.5. The minimum atomic E-state index is -1.39. The highest BCUT2D eigenvalue weighted by Gasteiger charge is 2.67. The number of ether oxygens (including phenoxy) is 2. The van der Waals surface area contributed by atoms with Gasteiger partial charge in [-0.2, -0.15) is 0 Å². The van der Waals surface area contributed by atoms with Crippen LogP contribution < -0.4 is 19.3 Å². The van der Waals surface area contributed by atoms with Crippen molar-refractivity contribution in [3.8, 4) is 23.0 Å². The van der Waals surface area contributed by atoms with E-state index < -0.39 is 81.7 Å². The molecule has 0 radical (unpaired) electrons. The molecule has 3 fully saturated rings. The lowest BCUT2D eigenvalue weighted by Crippen LogP contribution is -2.49. The number of allylic oxidation sites excluding steroid dienone is 3. The molecule has 0 bridgehead atoms. The number of phenolic OH excluding ortho intramolecular Hbond substituents is 1. The minimum absolute atomic E-state index is 0.00672. The lowest BCUT2D eigenvalue weighted by molar-refractivity contribution is -0.132. The molecule has 3 aromatic rings. The van der Waals surface area contributed by atoms with Crippen LogP contribution in [0.25, 0.3) is 6.08 Å². The Morgan fingerprint density at radius 3 is 2.19 bits per heavy atom. The Morgan fingerprint density at radius 1 is 0.923 bits per heavy atom. The summed E-state index contributed by atoms with van der Waals surface area (Å²) in [5.74, 6) is -9.07. The first-order valence-electron chi connectivity index (χ1n) is 16.3. The van der Waals surface area contributed by atoms with E-state index in [1.165, 1.54) is 32.4 Å². The van der Waals surface area contributed by atoms with Crippen molar-refractivity contribution >= 4 is 58.6 Å². The van der Waals surface area contributed by atoms with E-state index in [4.69, 9.17) is 21.1 Å². The molecule has 1 saturated carbocycles. The molecule has 2 aliphatic heterocycles. The summed E-state index contributed by atoms with van der Waals surface area (Å²) in [7, 11) is 2.76. The van der Waals surface area contributed by atoms with E-state index in [-0.39, 0.29) is 46.5 Å². The van der Waals surface area contributed by atoms with E-state index in [2.05, 4.69) is 0 Å². The first kappa shape index (κ1) is 34.7. The first-order valence-corrected chi connectivity index (χ1v) is 16.7. The van der Waals surface area contributed by atoms with Gasteiger partial charge in [0.05, 0.1) is 53.8 Å². The number of aromatic carboxylic acids is 1. The molecular weight excluding hydrogens is 699 g/mol. The van der Waals surface area contributed by atoms with Gasteiger partial charge >= 0.3 is 5.97 Å². The van der Waals surface area contributed by atoms with Crippen molar-refractivity contribution in [2.75, 3.05) is 24.0 Å². The molecule has 52 heavy (non-hydrogen) atoms. The van der Waals surface area contributed by atoms with Crippen molar-refractivity contribution in [3.05, 3.63) is 88.2 Å². The fourth-order valence-corrected chi connectivity index (χ4v) is 8.58. The zero-order valence-corrected chi connectivity index (χ0v) is 28.8. The van der Waals surface area contributed by atoms with E-state index >= 15 is 0 Å². The molecule has 2 saturated heterocycles. The molecule has 2 heterocycles. The summed E-state index contributed by atoms with van der Waals surface area (Å²) in [6.45, 7) is 1.68. The van der Waals surface area contributed by atoms with Crippen LogP contribution in [0, 0.1) is 40.8 Å². The molecule has 2 aliphatic carbocycles. The number of hydrogen-bond donors (Lipinski definition) is 3. The topological polar surface area (TPSA) is 171 Å². The second-order valence-corrected chi connectivity index (χ2v) is 13.9. The number of amides is 4. The first-order chi connectivity index (χ1) is 24.7. The third kappa shape index (κ3) is 5.05. The zero-order chi connectivity index (χ0) is 37.4. The minimum Gasteiger partial charge on any atom is -0.507 e.